The Bertz CT molecular complexity index is 1300. The molecule has 0 saturated heterocycles. The van der Waals surface area contributed by atoms with Gasteiger partial charge in [-0.3, -0.25) is 4.99 Å². The average Bonchev–Trinajstić information content (AvgIpc) is 3.10. The van der Waals surface area contributed by atoms with Crippen molar-refractivity contribution in [3.05, 3.63) is 90.0 Å². The monoisotopic (exact) mass is 639 g/mol. The minimum atomic E-state index is -0.426. The number of rotatable bonds is 25. The molecule has 0 aliphatic rings. The highest BCUT2D eigenvalue weighted by molar-refractivity contribution is 5.89. The summed E-state index contributed by atoms with van der Waals surface area (Å²) in [6.45, 7) is 5.98. The van der Waals surface area contributed by atoms with Crippen LogP contribution in [0.2, 0.25) is 0 Å². The van der Waals surface area contributed by atoms with Gasteiger partial charge < -0.3 is 14.2 Å². The summed E-state index contributed by atoms with van der Waals surface area (Å²) in [7, 11) is 0. The lowest BCUT2D eigenvalue weighted by Crippen LogP contribution is -2.03. The summed E-state index contributed by atoms with van der Waals surface area (Å²) in [6.07, 6.45) is 25.5. The van der Waals surface area contributed by atoms with Crippen LogP contribution in [0.1, 0.15) is 128 Å². The van der Waals surface area contributed by atoms with Gasteiger partial charge in [0.25, 0.3) is 0 Å². The fourth-order valence-electron chi connectivity index (χ4n) is 5.27. The Morgan fingerprint density at radius 1 is 0.574 bits per heavy atom. The van der Waals surface area contributed by atoms with Crippen molar-refractivity contribution in [3.63, 3.8) is 0 Å². The van der Waals surface area contributed by atoms with Crippen LogP contribution in [0.5, 0.6) is 17.2 Å². The first-order valence-corrected chi connectivity index (χ1v) is 18.2. The number of carbonyl (C=O) groups excluding carboxylic acids is 1. The third-order valence-corrected chi connectivity index (χ3v) is 8.10. The van der Waals surface area contributed by atoms with Crippen LogP contribution in [-0.4, -0.2) is 25.4 Å². The molecule has 0 N–H and O–H groups in total. The van der Waals surface area contributed by atoms with Gasteiger partial charge in [-0.15, -0.1) is 0 Å². The molecule has 0 saturated carbocycles. The van der Waals surface area contributed by atoms with Gasteiger partial charge in [-0.1, -0.05) is 122 Å². The number of unbranched alkanes of at least 4 members (excludes halogenated alkanes) is 14. The lowest BCUT2D eigenvalue weighted by Gasteiger charge is -2.07. The highest BCUT2D eigenvalue weighted by Gasteiger charge is 2.02. The molecule has 0 spiro atoms. The summed E-state index contributed by atoms with van der Waals surface area (Å²) < 4.78 is 17.3. The van der Waals surface area contributed by atoms with Crippen molar-refractivity contribution in [2.24, 2.45) is 4.99 Å². The maximum atomic E-state index is 12.4. The normalized spacial score (nSPS) is 11.4. The van der Waals surface area contributed by atoms with Gasteiger partial charge in [-0.2, -0.15) is 0 Å². The van der Waals surface area contributed by atoms with Crippen LogP contribution < -0.4 is 14.2 Å². The summed E-state index contributed by atoms with van der Waals surface area (Å²) in [4.78, 5) is 17.0. The van der Waals surface area contributed by atoms with Gasteiger partial charge >= 0.3 is 5.97 Å². The molecule has 0 fully saturated rings. The van der Waals surface area contributed by atoms with Gasteiger partial charge in [0.15, 0.2) is 0 Å². The number of nitrogens with zero attached hydrogens (tertiary/aromatic N) is 1. The van der Waals surface area contributed by atoms with E-state index in [2.05, 4.69) is 18.8 Å². The highest BCUT2D eigenvalue weighted by atomic mass is 16.5. The van der Waals surface area contributed by atoms with E-state index in [1.54, 1.807) is 24.4 Å². The van der Waals surface area contributed by atoms with Crippen molar-refractivity contribution in [3.8, 4) is 17.2 Å². The molecule has 0 heterocycles. The minimum absolute atomic E-state index is 0.426. The van der Waals surface area contributed by atoms with Crippen LogP contribution in [-0.2, 0) is 4.79 Å². The first kappa shape index (κ1) is 37.6. The molecule has 5 nitrogen and oxygen atoms in total. The van der Waals surface area contributed by atoms with Gasteiger partial charge in [0, 0.05) is 18.4 Å². The lowest BCUT2D eigenvalue weighted by molar-refractivity contribution is -0.128. The van der Waals surface area contributed by atoms with Gasteiger partial charge in [-0.05, 0) is 78.6 Å². The van der Waals surface area contributed by atoms with E-state index >= 15 is 0 Å². The molecule has 0 aliphatic heterocycles. The van der Waals surface area contributed by atoms with E-state index in [1.807, 2.05) is 60.7 Å². The predicted octanol–water partition coefficient (Wildman–Crippen LogP) is 12.1. The Hall–Kier alpha value is -3.86. The molecule has 47 heavy (non-hydrogen) atoms. The van der Waals surface area contributed by atoms with Crippen LogP contribution in [0, 0.1) is 0 Å². The van der Waals surface area contributed by atoms with E-state index in [0.29, 0.717) is 5.75 Å². The first-order valence-electron chi connectivity index (χ1n) is 18.2. The molecule has 3 aromatic rings. The Balaban J connectivity index is 1.32. The smallest absolute Gasteiger partial charge is 0.336 e. The molecular formula is C42H57NO4. The molecule has 0 radical (unpaired) electrons. The molecule has 0 unspecified atom stereocenters. The van der Waals surface area contributed by atoms with Crippen molar-refractivity contribution >= 4 is 23.9 Å². The fraction of sp³-hybridized carbons (Fsp3) is 0.476. The van der Waals surface area contributed by atoms with Gasteiger partial charge in [0.05, 0.1) is 18.9 Å². The van der Waals surface area contributed by atoms with Gasteiger partial charge in [0.1, 0.15) is 17.2 Å². The number of aliphatic imine (C=N–C) groups is 1. The molecule has 0 bridgehead atoms. The Kier molecular flexibility index (Phi) is 19.5. The van der Waals surface area contributed by atoms with E-state index < -0.39 is 5.97 Å². The zero-order valence-corrected chi connectivity index (χ0v) is 29.0. The van der Waals surface area contributed by atoms with E-state index in [9.17, 15) is 4.79 Å². The largest absolute Gasteiger partial charge is 0.494 e. The molecule has 3 aromatic carbocycles. The topological polar surface area (TPSA) is 57.1 Å². The zero-order chi connectivity index (χ0) is 33.2. The molecule has 5 heteroatoms. The maximum Gasteiger partial charge on any atom is 0.336 e. The molecule has 254 valence electrons. The maximum absolute atomic E-state index is 12.4. The number of hydrogen-bond acceptors (Lipinski definition) is 5. The fourth-order valence-corrected chi connectivity index (χ4v) is 5.27. The summed E-state index contributed by atoms with van der Waals surface area (Å²) in [6, 6.07) is 22.9. The van der Waals surface area contributed by atoms with E-state index in [0.717, 1.165) is 54.4 Å². The summed E-state index contributed by atoms with van der Waals surface area (Å²) in [5, 5.41) is 0. The lowest BCUT2D eigenvalue weighted by atomic mass is 10.1. The molecule has 0 atom stereocenters. The second-order valence-electron chi connectivity index (χ2n) is 12.3. The second-order valence-corrected chi connectivity index (χ2v) is 12.3. The molecule has 0 amide bonds. The molecular weight excluding hydrogens is 582 g/mol. The van der Waals surface area contributed by atoms with Crippen LogP contribution >= 0.6 is 0 Å². The Labute approximate surface area is 284 Å². The van der Waals surface area contributed by atoms with Crippen molar-refractivity contribution in [1.82, 2.24) is 0 Å². The average molecular weight is 640 g/mol. The van der Waals surface area contributed by atoms with Crippen LogP contribution in [0.25, 0.3) is 6.08 Å². The quantitative estimate of drug-likeness (QED) is 0.0304. The molecule has 3 rings (SSSR count). The predicted molar refractivity (Wildman–Crippen MR) is 197 cm³/mol. The van der Waals surface area contributed by atoms with E-state index in [4.69, 9.17) is 14.2 Å². The SMILES string of the molecule is CCCCCCCCCCOc1ccc(/C=C/C(=O)Oc2ccc(C=Nc3cccc(OCCCCCCCCCC)c3)cc2)cc1. The van der Waals surface area contributed by atoms with Gasteiger partial charge in [0.2, 0.25) is 0 Å². The van der Waals surface area contributed by atoms with Gasteiger partial charge in [-0.25, -0.2) is 4.79 Å². The summed E-state index contributed by atoms with van der Waals surface area (Å²) >= 11 is 0. The number of hydrogen-bond donors (Lipinski definition) is 0. The van der Waals surface area contributed by atoms with E-state index in [-0.39, 0.29) is 0 Å². The van der Waals surface area contributed by atoms with Crippen molar-refractivity contribution in [2.75, 3.05) is 13.2 Å². The van der Waals surface area contributed by atoms with Crippen molar-refractivity contribution < 1.29 is 19.0 Å². The van der Waals surface area contributed by atoms with Crippen molar-refractivity contribution in [2.45, 2.75) is 117 Å². The third kappa shape index (κ3) is 17.6. The number of ether oxygens (including phenoxy) is 3. The molecule has 0 aromatic heterocycles. The van der Waals surface area contributed by atoms with E-state index in [1.165, 1.54) is 96.0 Å². The number of carbonyl (C=O) groups is 1. The minimum Gasteiger partial charge on any atom is -0.494 e. The number of esters is 1. The number of benzene rings is 3. The Morgan fingerprint density at radius 3 is 1.68 bits per heavy atom. The highest BCUT2D eigenvalue weighted by Crippen LogP contribution is 2.21. The summed E-state index contributed by atoms with van der Waals surface area (Å²) in [5.74, 6) is 1.76. The Morgan fingerprint density at radius 2 is 1.09 bits per heavy atom. The third-order valence-electron chi connectivity index (χ3n) is 8.10. The van der Waals surface area contributed by atoms with Crippen LogP contribution in [0.15, 0.2) is 83.9 Å². The van der Waals surface area contributed by atoms with Crippen LogP contribution in [0.3, 0.4) is 0 Å². The second kappa shape index (κ2) is 24.3. The van der Waals surface area contributed by atoms with Crippen molar-refractivity contribution in [1.29, 1.82) is 0 Å². The first-order chi connectivity index (χ1) is 23.2. The standard InChI is InChI=1S/C42H57NO4/c1-3-5-7-9-11-13-15-17-32-45-39-27-22-36(23-28-39)26-31-42(44)47-40-29-24-37(25-30-40)35-43-38-20-19-21-41(34-38)46-33-18-16-14-12-10-8-6-4-2/h19-31,34-35H,3-18,32-33H2,1-2H3/b31-26+,43-35?. The molecule has 0 aliphatic carbocycles. The zero-order valence-electron chi connectivity index (χ0n) is 29.0. The van der Waals surface area contributed by atoms with Crippen LogP contribution in [0.4, 0.5) is 5.69 Å². The summed E-state index contributed by atoms with van der Waals surface area (Å²) in [5.41, 5.74) is 2.66.